The molecule has 0 radical (unpaired) electrons. The molecule has 2 amide bonds. The number of fused-ring (bicyclic) bond motifs is 2. The summed E-state index contributed by atoms with van der Waals surface area (Å²) in [5.41, 5.74) is 6.93. The molecule has 15 nitrogen and oxygen atoms in total. The highest BCUT2D eigenvalue weighted by Gasteiger charge is 2.27. The van der Waals surface area contributed by atoms with Crippen LogP contribution in [-0.2, 0) is 29.6 Å². The molecule has 1 atom stereocenters. The molecule has 3 aliphatic heterocycles. The number of amides is 2. The second kappa shape index (κ2) is 21.1. The fourth-order valence-electron chi connectivity index (χ4n) is 8.45. The van der Waals surface area contributed by atoms with Crippen LogP contribution in [0.15, 0.2) is 143 Å². The molecular weight excluding hydrogens is 881 g/mol. The number of carbonyl (C=O) groups excluding carboxylic acids is 2. The van der Waals surface area contributed by atoms with Crippen LogP contribution in [0.5, 0.6) is 0 Å². The van der Waals surface area contributed by atoms with Gasteiger partial charge in [-0.1, -0.05) is 60.7 Å². The maximum Gasteiger partial charge on any atom is 0.274 e. The van der Waals surface area contributed by atoms with Crippen LogP contribution >= 0.6 is 0 Å². The van der Waals surface area contributed by atoms with Crippen molar-refractivity contribution in [2.24, 2.45) is 0 Å². The summed E-state index contributed by atoms with van der Waals surface area (Å²) in [5, 5.41) is 12.5. The summed E-state index contributed by atoms with van der Waals surface area (Å²) in [6, 6.07) is 39.8. The molecule has 17 heteroatoms. The zero-order valence-corrected chi connectivity index (χ0v) is 38.0. The number of hydrogen-bond donors (Lipinski definition) is 5. The van der Waals surface area contributed by atoms with E-state index in [0.29, 0.717) is 56.5 Å². The highest BCUT2D eigenvalue weighted by atomic mass is 32.2. The van der Waals surface area contributed by atoms with Crippen molar-refractivity contribution in [1.82, 2.24) is 20.4 Å². The van der Waals surface area contributed by atoms with Crippen LogP contribution in [0.25, 0.3) is 21.5 Å². The lowest BCUT2D eigenvalue weighted by molar-refractivity contribution is -0.186. The van der Waals surface area contributed by atoms with E-state index in [9.17, 15) is 26.4 Å². The van der Waals surface area contributed by atoms with E-state index < -0.39 is 26.0 Å². The van der Waals surface area contributed by atoms with Crippen LogP contribution in [0.1, 0.15) is 65.7 Å². The molecule has 6 aromatic carbocycles. The molecule has 3 aliphatic rings. The molecule has 3 saturated heterocycles. The van der Waals surface area contributed by atoms with Crippen molar-refractivity contribution in [3.05, 3.63) is 145 Å². The lowest BCUT2D eigenvalue weighted by Gasteiger charge is -2.34. The van der Waals surface area contributed by atoms with E-state index in [4.69, 9.17) is 14.8 Å². The van der Waals surface area contributed by atoms with E-state index >= 15 is 0 Å². The van der Waals surface area contributed by atoms with Crippen molar-refractivity contribution in [2.75, 3.05) is 42.6 Å². The van der Waals surface area contributed by atoms with Gasteiger partial charge in [0, 0.05) is 73.8 Å². The maximum atomic E-state index is 13.0. The van der Waals surface area contributed by atoms with Crippen LogP contribution in [-0.4, -0.2) is 85.0 Å². The van der Waals surface area contributed by atoms with Gasteiger partial charge in [0.1, 0.15) is 0 Å². The third-order valence-electron chi connectivity index (χ3n) is 12.2. The Bertz CT molecular complexity index is 2840. The van der Waals surface area contributed by atoms with Gasteiger partial charge in [-0.15, -0.1) is 0 Å². The second-order valence-corrected chi connectivity index (χ2v) is 20.1. The highest BCUT2D eigenvalue weighted by Crippen LogP contribution is 2.26. The maximum absolute atomic E-state index is 13.0. The summed E-state index contributed by atoms with van der Waals surface area (Å²) < 4.78 is 62.8. The minimum Gasteiger partial charge on any atom is -0.371 e. The molecule has 0 saturated carbocycles. The quantitative estimate of drug-likeness (QED) is 0.0634. The van der Waals surface area contributed by atoms with Crippen molar-refractivity contribution >= 4 is 64.8 Å². The largest absolute Gasteiger partial charge is 0.371 e. The van der Waals surface area contributed by atoms with Gasteiger partial charge in [-0.25, -0.2) is 42.1 Å². The number of anilines is 2. The summed E-state index contributed by atoms with van der Waals surface area (Å²) in [4.78, 5) is 34.1. The van der Waals surface area contributed by atoms with Gasteiger partial charge in [0.2, 0.25) is 20.0 Å². The zero-order valence-electron chi connectivity index (χ0n) is 36.3. The molecule has 0 bridgehead atoms. The van der Waals surface area contributed by atoms with Crippen LogP contribution in [0, 0.1) is 0 Å². The Morgan fingerprint density at radius 3 is 1.41 bits per heavy atom. The first kappa shape index (κ1) is 46.6. The van der Waals surface area contributed by atoms with Gasteiger partial charge in [-0.3, -0.25) is 14.8 Å². The van der Waals surface area contributed by atoms with E-state index in [-0.39, 0.29) is 34.1 Å². The zero-order chi connectivity index (χ0) is 46.1. The first-order valence-corrected chi connectivity index (χ1v) is 25.1. The van der Waals surface area contributed by atoms with Gasteiger partial charge in [0.05, 0.1) is 9.79 Å². The summed E-state index contributed by atoms with van der Waals surface area (Å²) in [7, 11) is -7.18. The van der Waals surface area contributed by atoms with Crippen molar-refractivity contribution < 1.29 is 41.2 Å². The van der Waals surface area contributed by atoms with Crippen LogP contribution in [0.4, 0.5) is 11.4 Å². The van der Waals surface area contributed by atoms with Crippen LogP contribution in [0.3, 0.4) is 0 Å². The second-order valence-electron chi connectivity index (χ2n) is 16.7. The summed E-state index contributed by atoms with van der Waals surface area (Å²) >= 11 is 0. The molecule has 6 aromatic rings. The molecule has 0 aromatic heterocycles. The van der Waals surface area contributed by atoms with Crippen molar-refractivity contribution in [1.29, 1.82) is 0 Å². The number of carbonyl (C=O) groups is 2. The number of rotatable bonds is 12. The van der Waals surface area contributed by atoms with E-state index in [0.717, 1.165) is 65.3 Å². The third-order valence-corrected chi connectivity index (χ3v) is 15.2. The Balaban J connectivity index is 0.000000182. The molecule has 3 heterocycles. The van der Waals surface area contributed by atoms with Crippen LogP contribution < -0.4 is 30.2 Å². The average Bonchev–Trinajstić information content (AvgIpc) is 3.36. The Kier molecular flexibility index (Phi) is 14.9. The van der Waals surface area contributed by atoms with Gasteiger partial charge >= 0.3 is 0 Å². The number of benzene rings is 6. The van der Waals surface area contributed by atoms with Gasteiger partial charge in [-0.2, -0.15) is 0 Å². The average molecular weight is 935 g/mol. The lowest BCUT2D eigenvalue weighted by atomic mass is 10.0. The van der Waals surface area contributed by atoms with Gasteiger partial charge in [0.25, 0.3) is 11.8 Å². The predicted molar refractivity (Wildman–Crippen MR) is 253 cm³/mol. The van der Waals surface area contributed by atoms with Crippen molar-refractivity contribution in [3.8, 4) is 0 Å². The van der Waals surface area contributed by atoms with E-state index in [1.54, 1.807) is 54.0 Å². The molecule has 66 heavy (non-hydrogen) atoms. The minimum absolute atomic E-state index is 0.123. The molecule has 0 spiro atoms. The Morgan fingerprint density at radius 2 is 0.985 bits per heavy atom. The fourth-order valence-corrected chi connectivity index (χ4v) is 11.1. The van der Waals surface area contributed by atoms with E-state index in [2.05, 4.69) is 24.7 Å². The third kappa shape index (κ3) is 11.7. The standard InChI is InChI=1S/C27H31N3O5S.C22H23N3O4S/c31-27(28-35-26-7-3-4-18-34-26)21-8-11-24(12-9-21)30-16-14-23(15-17-30)29-36(32,33)25-13-10-20-5-1-2-6-22(20)19-25;26-22(23-27)17-5-8-20(9-6-17)25-13-11-19(12-14-25)24-30(28,29)21-10-7-16-3-1-2-4-18(16)15-21/h1-2,5-6,8-13,19,23,26,29H,3-4,7,14-18H2,(H,28,31);1-10,15,19,24,27H,11-14H2,(H,23,26). The first-order chi connectivity index (χ1) is 31.9. The topological polar surface area (TPSA) is 196 Å². The number of hydrogen-bond acceptors (Lipinski definition) is 11. The minimum atomic E-state index is -3.60. The van der Waals surface area contributed by atoms with Gasteiger partial charge in [0.15, 0.2) is 6.29 Å². The molecular formula is C49H54N6O9S2. The molecule has 1 unspecified atom stereocenters. The fraction of sp³-hybridized carbons (Fsp3) is 0.306. The monoisotopic (exact) mass is 934 g/mol. The van der Waals surface area contributed by atoms with E-state index in [1.165, 1.54) is 0 Å². The summed E-state index contributed by atoms with van der Waals surface area (Å²) in [6.45, 7) is 3.50. The number of hydroxylamine groups is 2. The van der Waals surface area contributed by atoms with E-state index in [1.807, 2.05) is 84.9 Å². The van der Waals surface area contributed by atoms with Crippen molar-refractivity contribution in [3.63, 3.8) is 0 Å². The SMILES string of the molecule is O=C(NO)c1ccc(N2CCC(NS(=O)(=O)c3ccc4ccccc4c3)CC2)cc1.O=C(NOC1CCCCO1)c1ccc(N2CCC(NS(=O)(=O)c3ccc4ccccc4c3)CC2)cc1. The lowest BCUT2D eigenvalue weighted by Crippen LogP contribution is -2.44. The smallest absolute Gasteiger partial charge is 0.274 e. The van der Waals surface area contributed by atoms with Crippen molar-refractivity contribution in [2.45, 2.75) is 73.1 Å². The number of piperidine rings is 2. The predicted octanol–water partition coefficient (Wildman–Crippen LogP) is 6.88. The normalized spacial score (nSPS) is 17.5. The molecule has 5 N–H and O–H groups in total. The first-order valence-electron chi connectivity index (χ1n) is 22.2. The molecule has 0 aliphatic carbocycles. The number of sulfonamides is 2. The molecule has 9 rings (SSSR count). The number of nitrogens with zero attached hydrogens (tertiary/aromatic N) is 2. The Hall–Kier alpha value is -5.92. The molecule has 3 fully saturated rings. The highest BCUT2D eigenvalue weighted by molar-refractivity contribution is 7.89. The Labute approximate surface area is 385 Å². The number of ether oxygens (including phenoxy) is 1. The Morgan fingerprint density at radius 1 is 0.545 bits per heavy atom. The van der Waals surface area contributed by atoms with Gasteiger partial charge < -0.3 is 14.5 Å². The van der Waals surface area contributed by atoms with Gasteiger partial charge in [-0.05, 0) is 133 Å². The summed E-state index contributed by atoms with van der Waals surface area (Å²) in [5.74, 6) is -0.860. The number of nitrogens with one attached hydrogen (secondary N) is 4. The van der Waals surface area contributed by atoms with Crippen LogP contribution in [0.2, 0.25) is 0 Å². The summed E-state index contributed by atoms with van der Waals surface area (Å²) in [6.07, 6.45) is 5.20. The molecule has 346 valence electrons.